The average molecular weight is 419 g/mol. The number of hydrogen-bond acceptors (Lipinski definition) is 6. The molecule has 1 N–H and O–H groups in total. The number of nitrogens with one attached hydrogen (secondary N) is 1. The van der Waals surface area contributed by atoms with Gasteiger partial charge in [0, 0.05) is 5.38 Å². The summed E-state index contributed by atoms with van der Waals surface area (Å²) in [6, 6.07) is 0. The molecule has 0 amide bonds. The fourth-order valence-electron chi connectivity index (χ4n) is 1.23. The first-order valence-electron chi connectivity index (χ1n) is 4.87. The number of nitrogens with zero attached hydrogens (tertiary/aromatic N) is 2. The van der Waals surface area contributed by atoms with Crippen molar-refractivity contribution in [2.45, 2.75) is 4.21 Å². The molecule has 0 aliphatic heterocycles. The molecule has 0 aromatic carbocycles. The Balaban J connectivity index is 2.41. The van der Waals surface area contributed by atoms with Crippen LogP contribution in [0, 0.1) is 0 Å². The maximum Gasteiger partial charge on any atom is 0.274 e. The summed E-state index contributed by atoms with van der Waals surface area (Å²) in [5, 5.41) is 1.57. The van der Waals surface area contributed by atoms with Crippen molar-refractivity contribution in [2.75, 3.05) is 11.8 Å². The topological polar surface area (TPSA) is 81.2 Å². The van der Waals surface area contributed by atoms with E-state index in [1.54, 1.807) is 0 Å². The molecule has 2 aromatic rings. The van der Waals surface area contributed by atoms with Crippen LogP contribution in [0.1, 0.15) is 0 Å². The first kappa shape index (κ1) is 15.8. The zero-order valence-electron chi connectivity index (χ0n) is 9.72. The first-order chi connectivity index (χ1) is 9.35. The molecule has 108 valence electrons. The van der Waals surface area contributed by atoms with Gasteiger partial charge >= 0.3 is 0 Å². The zero-order chi connectivity index (χ0) is 14.9. The van der Waals surface area contributed by atoms with Gasteiger partial charge in [-0.25, -0.2) is 18.4 Å². The van der Waals surface area contributed by atoms with Crippen molar-refractivity contribution >= 4 is 66.3 Å². The van der Waals surface area contributed by atoms with E-state index in [0.717, 1.165) is 11.3 Å². The van der Waals surface area contributed by atoms with E-state index in [4.69, 9.17) is 27.9 Å². The van der Waals surface area contributed by atoms with E-state index < -0.39 is 10.0 Å². The highest BCUT2D eigenvalue weighted by Crippen LogP contribution is 2.36. The summed E-state index contributed by atoms with van der Waals surface area (Å²) >= 11 is 15.6. The minimum atomic E-state index is -3.91. The van der Waals surface area contributed by atoms with Crippen molar-refractivity contribution in [1.82, 2.24) is 9.97 Å². The van der Waals surface area contributed by atoms with E-state index in [9.17, 15) is 8.42 Å². The molecule has 0 aliphatic carbocycles. The second-order valence-corrected chi connectivity index (χ2v) is 7.70. The second-order valence-electron chi connectivity index (χ2n) is 3.34. The Bertz CT molecular complexity index is 751. The largest absolute Gasteiger partial charge is 0.478 e. The molecule has 0 unspecified atom stereocenters. The normalized spacial score (nSPS) is 11.4. The van der Waals surface area contributed by atoms with Crippen LogP contribution in [0.3, 0.4) is 0 Å². The van der Waals surface area contributed by atoms with E-state index in [1.165, 1.54) is 18.7 Å². The van der Waals surface area contributed by atoms with Crippen molar-refractivity contribution in [3.05, 3.63) is 26.2 Å². The predicted octanol–water partition coefficient (Wildman–Crippen LogP) is 3.42. The molecule has 0 saturated carbocycles. The lowest BCUT2D eigenvalue weighted by atomic mass is 10.6. The molecule has 2 rings (SSSR count). The molecule has 0 saturated heterocycles. The quantitative estimate of drug-likeness (QED) is 0.822. The summed E-state index contributed by atoms with van der Waals surface area (Å²) in [4.78, 5) is 7.85. The van der Waals surface area contributed by atoms with Crippen LogP contribution in [-0.2, 0) is 10.0 Å². The lowest BCUT2D eigenvalue weighted by molar-refractivity contribution is 0.397. The van der Waals surface area contributed by atoms with Crippen LogP contribution in [-0.4, -0.2) is 25.5 Å². The number of ether oxygens (including phenoxy) is 1. The van der Waals surface area contributed by atoms with Crippen LogP contribution >= 0.6 is 50.5 Å². The summed E-state index contributed by atoms with van der Waals surface area (Å²) in [6.07, 6.45) is 1.34. The molecule has 20 heavy (non-hydrogen) atoms. The minimum absolute atomic E-state index is 0.0294. The van der Waals surface area contributed by atoms with Gasteiger partial charge in [0.05, 0.1) is 23.4 Å². The van der Waals surface area contributed by atoms with Gasteiger partial charge in [0.2, 0.25) is 5.82 Å². The molecule has 0 spiro atoms. The molecule has 11 heteroatoms. The van der Waals surface area contributed by atoms with Gasteiger partial charge in [-0.2, -0.15) is 0 Å². The molecule has 0 fully saturated rings. The summed E-state index contributed by atoms with van der Waals surface area (Å²) in [7, 11) is -2.56. The van der Waals surface area contributed by atoms with Crippen LogP contribution in [0.15, 0.2) is 20.4 Å². The lowest BCUT2D eigenvalue weighted by Gasteiger charge is -2.09. The SMILES string of the molecule is COc1nc(Br)cnc1NS(=O)(=O)c1scc(Cl)c1Cl. The lowest BCUT2D eigenvalue weighted by Crippen LogP contribution is -2.14. The summed E-state index contributed by atoms with van der Waals surface area (Å²) in [5.74, 6) is -0.0157. The number of rotatable bonds is 4. The molecule has 2 heterocycles. The van der Waals surface area contributed by atoms with E-state index in [2.05, 4.69) is 30.6 Å². The Kier molecular flexibility index (Phi) is 4.75. The van der Waals surface area contributed by atoms with Crippen molar-refractivity contribution in [1.29, 1.82) is 0 Å². The number of anilines is 1. The first-order valence-corrected chi connectivity index (χ1v) is 8.78. The van der Waals surface area contributed by atoms with Crippen LogP contribution < -0.4 is 9.46 Å². The van der Waals surface area contributed by atoms with E-state index in [-0.39, 0.29) is 26.0 Å². The second kappa shape index (κ2) is 6.02. The number of methoxy groups -OCH3 is 1. The summed E-state index contributed by atoms with van der Waals surface area (Å²) in [6.45, 7) is 0. The maximum atomic E-state index is 12.2. The smallest absolute Gasteiger partial charge is 0.274 e. The van der Waals surface area contributed by atoms with Crippen molar-refractivity contribution in [3.8, 4) is 5.88 Å². The molecular formula is C9H6BrCl2N3O3S2. The van der Waals surface area contributed by atoms with E-state index >= 15 is 0 Å². The molecular weight excluding hydrogens is 413 g/mol. The van der Waals surface area contributed by atoms with Crippen molar-refractivity contribution in [3.63, 3.8) is 0 Å². The molecule has 2 aromatic heterocycles. The number of halogens is 3. The Hall–Kier alpha value is -0.610. The summed E-state index contributed by atoms with van der Waals surface area (Å²) < 4.78 is 31.9. The van der Waals surface area contributed by atoms with Gasteiger partial charge in [-0.05, 0) is 15.9 Å². The minimum Gasteiger partial charge on any atom is -0.478 e. The third-order valence-electron chi connectivity index (χ3n) is 2.04. The van der Waals surface area contributed by atoms with Gasteiger partial charge in [0.15, 0.2) is 4.21 Å². The number of sulfonamides is 1. The molecule has 0 aliphatic rings. The molecule has 0 atom stereocenters. The van der Waals surface area contributed by atoms with E-state index in [1.807, 2.05) is 0 Å². The highest BCUT2D eigenvalue weighted by atomic mass is 79.9. The van der Waals surface area contributed by atoms with Gasteiger partial charge in [-0.3, -0.25) is 4.72 Å². The summed E-state index contributed by atoms with van der Waals surface area (Å²) in [5.41, 5.74) is 0. The number of aromatic nitrogens is 2. The Morgan fingerprint density at radius 2 is 2.15 bits per heavy atom. The zero-order valence-corrected chi connectivity index (χ0v) is 14.5. The van der Waals surface area contributed by atoms with Crippen LogP contribution in [0.4, 0.5) is 5.82 Å². The standard InChI is InChI=1S/C9H6BrCl2N3O3S2/c1-18-8-7(13-2-5(10)14-8)15-20(16,17)9-6(12)4(11)3-19-9/h2-3H,1H3,(H,13,15). The Morgan fingerprint density at radius 1 is 1.45 bits per heavy atom. The predicted molar refractivity (Wildman–Crippen MR) is 81.4 cm³/mol. The third-order valence-corrected chi connectivity index (χ3v) is 6.43. The monoisotopic (exact) mass is 417 g/mol. The van der Waals surface area contributed by atoms with Gasteiger partial charge < -0.3 is 4.74 Å². The fourth-order valence-corrected chi connectivity index (χ4v) is 4.54. The van der Waals surface area contributed by atoms with E-state index in [0.29, 0.717) is 4.60 Å². The fraction of sp³-hybridized carbons (Fsp3) is 0.111. The highest BCUT2D eigenvalue weighted by molar-refractivity contribution is 9.10. The Labute approximate surface area is 137 Å². The number of thiophene rings is 1. The molecule has 6 nitrogen and oxygen atoms in total. The van der Waals surface area contributed by atoms with Gasteiger partial charge in [-0.15, -0.1) is 11.3 Å². The maximum absolute atomic E-state index is 12.2. The van der Waals surface area contributed by atoms with Gasteiger partial charge in [0.25, 0.3) is 15.9 Å². The molecule has 0 radical (unpaired) electrons. The average Bonchev–Trinajstić information content (AvgIpc) is 2.72. The van der Waals surface area contributed by atoms with Crippen molar-refractivity contribution < 1.29 is 13.2 Å². The third kappa shape index (κ3) is 3.17. The van der Waals surface area contributed by atoms with Crippen LogP contribution in [0.2, 0.25) is 10.0 Å². The number of hydrogen-bond donors (Lipinski definition) is 1. The van der Waals surface area contributed by atoms with Gasteiger partial charge in [0.1, 0.15) is 4.60 Å². The van der Waals surface area contributed by atoms with Gasteiger partial charge in [-0.1, -0.05) is 23.2 Å². The van der Waals surface area contributed by atoms with Crippen molar-refractivity contribution in [2.24, 2.45) is 0 Å². The van der Waals surface area contributed by atoms with Crippen LogP contribution in [0.5, 0.6) is 5.88 Å². The molecule has 0 bridgehead atoms. The highest BCUT2D eigenvalue weighted by Gasteiger charge is 2.24. The van der Waals surface area contributed by atoms with Crippen LogP contribution in [0.25, 0.3) is 0 Å². The Morgan fingerprint density at radius 3 is 2.70 bits per heavy atom.